The first-order valence-electron chi connectivity index (χ1n) is 8.22. The molecule has 2 aromatic rings. The van der Waals surface area contributed by atoms with E-state index in [0.29, 0.717) is 11.4 Å². The second-order valence-electron chi connectivity index (χ2n) is 4.64. The first-order valence-corrected chi connectivity index (χ1v) is 8.22. The second kappa shape index (κ2) is 13.7. The molecule has 4 N–H and O–H groups in total. The average molecular weight is 372 g/mol. The molecule has 0 unspecified atom stereocenters. The predicted octanol–water partition coefficient (Wildman–Crippen LogP) is 3.89. The monoisotopic (exact) mass is 372 g/mol. The van der Waals surface area contributed by atoms with E-state index < -0.39 is 5.91 Å². The lowest BCUT2D eigenvalue weighted by molar-refractivity contribution is -0.122. The van der Waals surface area contributed by atoms with Gasteiger partial charge in [0, 0.05) is 11.4 Å². The summed E-state index contributed by atoms with van der Waals surface area (Å²) in [5, 5.41) is 21.9. The van der Waals surface area contributed by atoms with Crippen LogP contribution in [0.2, 0.25) is 0 Å². The molecule has 0 saturated heterocycles. The molecule has 2 rings (SSSR count). The van der Waals surface area contributed by atoms with E-state index in [0.717, 1.165) is 0 Å². The summed E-state index contributed by atoms with van der Waals surface area (Å²) < 4.78 is 0. The lowest BCUT2D eigenvalue weighted by Gasteiger charge is -2.08. The van der Waals surface area contributed by atoms with Gasteiger partial charge in [-0.15, -0.1) is 0 Å². The lowest BCUT2D eigenvalue weighted by Crippen LogP contribution is -2.12. The lowest BCUT2D eigenvalue weighted by atomic mass is 10.2. The maximum absolute atomic E-state index is 12.0. The minimum absolute atomic E-state index is 0.0739. The fourth-order valence-corrected chi connectivity index (χ4v) is 1.84. The SMILES string of the molecule is C/C=C/C(=O)Nc1ccc(NC(=O)c2ccccc2O)cc1.CC.O=CO. The molecule has 0 bridgehead atoms. The van der Waals surface area contributed by atoms with Crippen molar-refractivity contribution in [2.75, 3.05) is 10.6 Å². The molecule has 2 amide bonds. The van der Waals surface area contributed by atoms with Crippen LogP contribution in [0.25, 0.3) is 0 Å². The van der Waals surface area contributed by atoms with Crippen LogP contribution >= 0.6 is 0 Å². The average Bonchev–Trinajstić information content (AvgIpc) is 2.66. The number of hydrogen-bond acceptors (Lipinski definition) is 4. The zero-order valence-electron chi connectivity index (χ0n) is 15.5. The molecule has 0 fully saturated rings. The number of allylic oxidation sites excluding steroid dienone is 1. The van der Waals surface area contributed by atoms with Crippen LogP contribution in [-0.2, 0) is 9.59 Å². The van der Waals surface area contributed by atoms with Crippen LogP contribution in [0.1, 0.15) is 31.1 Å². The number of nitrogens with one attached hydrogen (secondary N) is 2. The number of para-hydroxylation sites is 1. The van der Waals surface area contributed by atoms with Crippen molar-refractivity contribution < 1.29 is 24.6 Å². The Morgan fingerprint density at radius 1 is 0.926 bits per heavy atom. The summed E-state index contributed by atoms with van der Waals surface area (Å²) in [6, 6.07) is 13.0. The molecule has 0 spiro atoms. The van der Waals surface area contributed by atoms with Gasteiger partial charge in [0.1, 0.15) is 5.75 Å². The molecule has 7 nitrogen and oxygen atoms in total. The molecule has 2 aromatic carbocycles. The van der Waals surface area contributed by atoms with Gasteiger partial charge in [-0.1, -0.05) is 32.1 Å². The Hall–Kier alpha value is -3.61. The van der Waals surface area contributed by atoms with Gasteiger partial charge in [0.15, 0.2) is 0 Å². The largest absolute Gasteiger partial charge is 0.507 e. The standard InChI is InChI=1S/C17H16N2O3.C2H6.CH2O2/c1-2-5-16(21)18-12-8-10-13(11-9-12)19-17(22)14-6-3-4-7-15(14)20;1-2;2-1-3/h2-11,20H,1H3,(H,18,21)(H,19,22);1-2H3;1H,(H,2,3)/b5-2+;;. The Labute approximate surface area is 158 Å². The number of hydrogen-bond donors (Lipinski definition) is 4. The quantitative estimate of drug-likeness (QED) is 0.480. The van der Waals surface area contributed by atoms with Crippen molar-refractivity contribution in [3.05, 3.63) is 66.2 Å². The zero-order valence-corrected chi connectivity index (χ0v) is 15.5. The van der Waals surface area contributed by atoms with Crippen molar-refractivity contribution >= 4 is 29.7 Å². The predicted molar refractivity (Wildman–Crippen MR) is 106 cm³/mol. The van der Waals surface area contributed by atoms with E-state index in [4.69, 9.17) is 9.90 Å². The topological polar surface area (TPSA) is 116 Å². The molecule has 0 saturated carbocycles. The van der Waals surface area contributed by atoms with Gasteiger partial charge in [-0.2, -0.15) is 0 Å². The Morgan fingerprint density at radius 2 is 1.41 bits per heavy atom. The fraction of sp³-hybridized carbons (Fsp3) is 0.150. The van der Waals surface area contributed by atoms with Crippen molar-refractivity contribution in [1.82, 2.24) is 0 Å². The first-order chi connectivity index (χ1) is 13.0. The summed E-state index contributed by atoms with van der Waals surface area (Å²) >= 11 is 0. The number of carbonyl (C=O) groups excluding carboxylic acids is 2. The number of aromatic hydroxyl groups is 1. The van der Waals surface area contributed by atoms with Crippen LogP contribution < -0.4 is 10.6 Å². The van der Waals surface area contributed by atoms with E-state index >= 15 is 0 Å². The van der Waals surface area contributed by atoms with Crippen molar-refractivity contribution in [1.29, 1.82) is 0 Å². The number of carbonyl (C=O) groups is 3. The molecule has 7 heteroatoms. The molecule has 0 aliphatic heterocycles. The normalized spacial score (nSPS) is 9.15. The van der Waals surface area contributed by atoms with E-state index in [2.05, 4.69) is 10.6 Å². The molecule has 27 heavy (non-hydrogen) atoms. The maximum Gasteiger partial charge on any atom is 0.290 e. The minimum atomic E-state index is -0.399. The Balaban J connectivity index is 0.00000123. The number of amides is 2. The number of phenols is 1. The molecule has 0 radical (unpaired) electrons. The Bertz CT molecular complexity index is 755. The van der Waals surface area contributed by atoms with E-state index in [1.807, 2.05) is 13.8 Å². The van der Waals surface area contributed by atoms with Crippen LogP contribution in [0, 0.1) is 0 Å². The van der Waals surface area contributed by atoms with Gasteiger partial charge in [-0.05, 0) is 49.4 Å². The summed E-state index contributed by atoms with van der Waals surface area (Å²) in [5.74, 6) is -0.687. The third-order valence-electron chi connectivity index (χ3n) is 2.88. The molecular formula is C20H24N2O5. The summed E-state index contributed by atoms with van der Waals surface area (Å²) in [4.78, 5) is 31.8. The van der Waals surface area contributed by atoms with Gasteiger partial charge < -0.3 is 20.8 Å². The highest BCUT2D eigenvalue weighted by Crippen LogP contribution is 2.19. The molecule has 0 aromatic heterocycles. The Morgan fingerprint density at radius 3 is 1.89 bits per heavy atom. The van der Waals surface area contributed by atoms with Gasteiger partial charge in [0.05, 0.1) is 5.56 Å². The second-order valence-corrected chi connectivity index (χ2v) is 4.64. The first kappa shape index (κ1) is 23.4. The molecule has 144 valence electrons. The van der Waals surface area contributed by atoms with Crippen molar-refractivity contribution in [2.45, 2.75) is 20.8 Å². The molecule has 0 aliphatic rings. The maximum atomic E-state index is 12.0. The number of benzene rings is 2. The molecule has 0 aliphatic carbocycles. The number of rotatable bonds is 4. The summed E-state index contributed by atoms with van der Waals surface area (Å²) in [7, 11) is 0. The number of phenolic OH excluding ortho intramolecular Hbond substituents is 1. The number of anilines is 2. The highest BCUT2D eigenvalue weighted by Gasteiger charge is 2.10. The van der Waals surface area contributed by atoms with Crippen LogP contribution in [0.5, 0.6) is 5.75 Å². The third kappa shape index (κ3) is 8.87. The van der Waals surface area contributed by atoms with E-state index in [1.54, 1.807) is 49.4 Å². The van der Waals surface area contributed by atoms with Crippen molar-refractivity contribution in [3.8, 4) is 5.75 Å². The van der Waals surface area contributed by atoms with Crippen molar-refractivity contribution in [2.24, 2.45) is 0 Å². The summed E-state index contributed by atoms with van der Waals surface area (Å²) in [5.41, 5.74) is 1.40. The van der Waals surface area contributed by atoms with Gasteiger partial charge >= 0.3 is 0 Å². The Kier molecular flexibility index (Phi) is 11.8. The summed E-state index contributed by atoms with van der Waals surface area (Å²) in [6.07, 6.45) is 3.07. The molecular weight excluding hydrogens is 348 g/mol. The van der Waals surface area contributed by atoms with Crippen molar-refractivity contribution in [3.63, 3.8) is 0 Å². The highest BCUT2D eigenvalue weighted by atomic mass is 16.3. The smallest absolute Gasteiger partial charge is 0.290 e. The zero-order chi connectivity index (χ0) is 20.7. The van der Waals surface area contributed by atoms with Crippen LogP contribution in [0.4, 0.5) is 11.4 Å². The van der Waals surface area contributed by atoms with Crippen LogP contribution in [0.15, 0.2) is 60.7 Å². The van der Waals surface area contributed by atoms with Gasteiger partial charge in [0.25, 0.3) is 12.4 Å². The highest BCUT2D eigenvalue weighted by molar-refractivity contribution is 6.06. The van der Waals surface area contributed by atoms with Gasteiger partial charge in [-0.3, -0.25) is 14.4 Å². The third-order valence-corrected chi connectivity index (χ3v) is 2.88. The minimum Gasteiger partial charge on any atom is -0.507 e. The van der Waals surface area contributed by atoms with Crippen LogP contribution in [-0.4, -0.2) is 28.5 Å². The van der Waals surface area contributed by atoms with E-state index in [9.17, 15) is 14.7 Å². The fourth-order valence-electron chi connectivity index (χ4n) is 1.84. The molecule has 0 heterocycles. The summed E-state index contributed by atoms with van der Waals surface area (Å²) in [6.45, 7) is 5.51. The van der Waals surface area contributed by atoms with Crippen LogP contribution in [0.3, 0.4) is 0 Å². The number of carboxylic acid groups (broad SMARTS) is 1. The van der Waals surface area contributed by atoms with Gasteiger partial charge in [0.2, 0.25) is 5.91 Å². The van der Waals surface area contributed by atoms with E-state index in [1.165, 1.54) is 18.2 Å². The van der Waals surface area contributed by atoms with E-state index in [-0.39, 0.29) is 23.7 Å². The molecule has 0 atom stereocenters. The van der Waals surface area contributed by atoms with Gasteiger partial charge in [-0.25, -0.2) is 0 Å².